The highest BCUT2D eigenvalue weighted by Crippen LogP contribution is 2.24. The fourth-order valence-electron chi connectivity index (χ4n) is 1.78. The van der Waals surface area contributed by atoms with Crippen molar-refractivity contribution in [3.05, 3.63) is 29.2 Å². The first-order valence-electron chi connectivity index (χ1n) is 5.78. The molecule has 2 aromatic rings. The summed E-state index contributed by atoms with van der Waals surface area (Å²) >= 11 is 1.33. The molecule has 0 spiro atoms. The van der Waals surface area contributed by atoms with E-state index in [4.69, 9.17) is 0 Å². The molecule has 0 amide bonds. The Balaban J connectivity index is 1.96. The lowest BCUT2D eigenvalue weighted by Crippen LogP contribution is -2.11. The Morgan fingerprint density at radius 1 is 1.50 bits per heavy atom. The number of nitrogens with one attached hydrogen (secondary N) is 1. The van der Waals surface area contributed by atoms with E-state index in [-0.39, 0.29) is 5.78 Å². The van der Waals surface area contributed by atoms with Gasteiger partial charge in [-0.25, -0.2) is 0 Å². The molecule has 1 N–H and O–H groups in total. The van der Waals surface area contributed by atoms with Crippen LogP contribution in [0.25, 0.3) is 0 Å². The molecule has 5 nitrogen and oxygen atoms in total. The van der Waals surface area contributed by atoms with Crippen LogP contribution in [0, 0.1) is 13.8 Å². The van der Waals surface area contributed by atoms with Crippen molar-refractivity contribution in [1.29, 1.82) is 0 Å². The zero-order chi connectivity index (χ0) is 13.1. The normalized spacial score (nSPS) is 10.6. The van der Waals surface area contributed by atoms with Crippen LogP contribution >= 0.6 is 11.5 Å². The van der Waals surface area contributed by atoms with E-state index in [0.29, 0.717) is 5.56 Å². The number of hydrogen-bond donors (Lipinski definition) is 1. The summed E-state index contributed by atoms with van der Waals surface area (Å²) in [6, 6.07) is 0. The van der Waals surface area contributed by atoms with Gasteiger partial charge >= 0.3 is 0 Å². The second-order valence-corrected chi connectivity index (χ2v) is 5.01. The van der Waals surface area contributed by atoms with E-state index in [1.165, 1.54) is 11.5 Å². The Hall–Kier alpha value is -1.69. The Bertz CT molecular complexity index is 558. The highest BCUT2D eigenvalue weighted by molar-refractivity contribution is 7.10. The number of anilines is 1. The molecule has 0 unspecified atom stereocenters. The largest absolute Gasteiger partial charge is 0.373 e. The summed E-state index contributed by atoms with van der Waals surface area (Å²) in [5.74, 6) is 0.0543. The molecule has 0 saturated carbocycles. The maximum atomic E-state index is 11.5. The van der Waals surface area contributed by atoms with Crippen molar-refractivity contribution < 1.29 is 4.79 Å². The van der Waals surface area contributed by atoms with Crippen molar-refractivity contribution in [3.63, 3.8) is 0 Å². The molecule has 18 heavy (non-hydrogen) atoms. The molecule has 0 aliphatic carbocycles. The number of Topliss-reactive ketones (excluding diaryl/α,β-unsaturated/α-hetero) is 1. The maximum Gasteiger partial charge on any atom is 0.164 e. The number of hydrogen-bond acceptors (Lipinski definition) is 5. The smallest absolute Gasteiger partial charge is 0.164 e. The van der Waals surface area contributed by atoms with Crippen molar-refractivity contribution >= 4 is 22.3 Å². The van der Waals surface area contributed by atoms with Gasteiger partial charge < -0.3 is 5.32 Å². The SMILES string of the molecule is CC(=O)c1c(C)nsc1NCCn1cc(C)cn1. The Kier molecular flexibility index (Phi) is 3.76. The summed E-state index contributed by atoms with van der Waals surface area (Å²) in [6.07, 6.45) is 3.82. The van der Waals surface area contributed by atoms with Crippen molar-refractivity contribution in [2.45, 2.75) is 27.3 Å². The predicted octanol–water partition coefficient (Wildman–Crippen LogP) is 2.27. The Morgan fingerprint density at radius 2 is 2.28 bits per heavy atom. The van der Waals surface area contributed by atoms with Gasteiger partial charge in [-0.2, -0.15) is 9.47 Å². The molecule has 2 aromatic heterocycles. The van der Waals surface area contributed by atoms with Crippen LogP contribution in [-0.4, -0.2) is 26.5 Å². The van der Waals surface area contributed by atoms with Crippen molar-refractivity contribution in [2.24, 2.45) is 0 Å². The first kappa shape index (κ1) is 12.8. The molecule has 6 heteroatoms. The van der Waals surface area contributed by atoms with E-state index < -0.39 is 0 Å². The molecule has 0 atom stereocenters. The van der Waals surface area contributed by atoms with Gasteiger partial charge in [0, 0.05) is 12.7 Å². The minimum absolute atomic E-state index is 0.0543. The van der Waals surface area contributed by atoms with Crippen molar-refractivity contribution in [1.82, 2.24) is 14.2 Å². The molecular formula is C12H16N4OS. The van der Waals surface area contributed by atoms with E-state index in [1.807, 2.05) is 30.9 Å². The van der Waals surface area contributed by atoms with Gasteiger partial charge in [-0.3, -0.25) is 9.48 Å². The van der Waals surface area contributed by atoms with Crippen LogP contribution in [0.4, 0.5) is 5.00 Å². The number of ketones is 1. The number of rotatable bonds is 5. The number of carbonyl (C=O) groups excluding carboxylic acids is 1. The van der Waals surface area contributed by atoms with Crippen LogP contribution in [-0.2, 0) is 6.54 Å². The highest BCUT2D eigenvalue weighted by Gasteiger charge is 2.14. The molecule has 0 aliphatic heterocycles. The molecule has 0 aromatic carbocycles. The summed E-state index contributed by atoms with van der Waals surface area (Å²) in [5.41, 5.74) is 2.65. The molecule has 0 aliphatic rings. The molecular weight excluding hydrogens is 248 g/mol. The van der Waals surface area contributed by atoms with Gasteiger partial charge in [0.2, 0.25) is 0 Å². The first-order chi connectivity index (χ1) is 8.58. The predicted molar refractivity (Wildman–Crippen MR) is 72.3 cm³/mol. The minimum Gasteiger partial charge on any atom is -0.373 e. The van der Waals surface area contributed by atoms with Gasteiger partial charge in [0.1, 0.15) is 5.00 Å². The molecule has 96 valence electrons. The standard InChI is InChI=1S/C12H16N4OS/c1-8-6-14-16(7-8)5-4-13-12-11(10(3)17)9(2)15-18-12/h6-7,13H,4-5H2,1-3H3. The minimum atomic E-state index is 0.0543. The van der Waals surface area contributed by atoms with E-state index in [0.717, 1.165) is 29.3 Å². The van der Waals surface area contributed by atoms with Gasteiger partial charge in [-0.15, -0.1) is 0 Å². The maximum absolute atomic E-state index is 11.5. The lowest BCUT2D eigenvalue weighted by Gasteiger charge is -2.05. The average molecular weight is 264 g/mol. The van der Waals surface area contributed by atoms with Gasteiger partial charge in [-0.05, 0) is 37.9 Å². The quantitative estimate of drug-likeness (QED) is 0.842. The van der Waals surface area contributed by atoms with Crippen LogP contribution in [0.3, 0.4) is 0 Å². The molecule has 0 saturated heterocycles. The lowest BCUT2D eigenvalue weighted by molar-refractivity contribution is 0.101. The van der Waals surface area contributed by atoms with Gasteiger partial charge in [0.25, 0.3) is 0 Å². The zero-order valence-electron chi connectivity index (χ0n) is 10.7. The van der Waals surface area contributed by atoms with Crippen LogP contribution in [0.15, 0.2) is 12.4 Å². The molecule has 2 heterocycles. The fraction of sp³-hybridized carbons (Fsp3) is 0.417. The monoisotopic (exact) mass is 264 g/mol. The molecule has 0 radical (unpaired) electrons. The topological polar surface area (TPSA) is 59.8 Å². The molecule has 0 bridgehead atoms. The number of aryl methyl sites for hydroxylation is 2. The molecule has 0 fully saturated rings. The number of aromatic nitrogens is 3. The van der Waals surface area contributed by atoms with Gasteiger partial charge in [-0.1, -0.05) is 0 Å². The Labute approximate surface area is 110 Å². The second-order valence-electron chi connectivity index (χ2n) is 4.24. The van der Waals surface area contributed by atoms with Crippen LogP contribution in [0.5, 0.6) is 0 Å². The second kappa shape index (κ2) is 5.30. The summed E-state index contributed by atoms with van der Waals surface area (Å²) in [5, 5.41) is 8.31. The summed E-state index contributed by atoms with van der Waals surface area (Å²) in [6.45, 7) is 6.93. The van der Waals surface area contributed by atoms with E-state index in [9.17, 15) is 4.79 Å². The van der Waals surface area contributed by atoms with Gasteiger partial charge in [0.15, 0.2) is 5.78 Å². The fourth-order valence-corrected chi connectivity index (χ4v) is 2.65. The zero-order valence-corrected chi connectivity index (χ0v) is 11.5. The van der Waals surface area contributed by atoms with Crippen LogP contribution < -0.4 is 5.32 Å². The van der Waals surface area contributed by atoms with Crippen molar-refractivity contribution in [3.8, 4) is 0 Å². The lowest BCUT2D eigenvalue weighted by atomic mass is 10.2. The number of nitrogens with zero attached hydrogens (tertiary/aromatic N) is 3. The molecule has 2 rings (SSSR count). The summed E-state index contributed by atoms with van der Waals surface area (Å²) < 4.78 is 6.08. The van der Waals surface area contributed by atoms with Gasteiger partial charge in [0.05, 0.1) is 24.0 Å². The third-order valence-electron chi connectivity index (χ3n) is 2.60. The van der Waals surface area contributed by atoms with Crippen LogP contribution in [0.2, 0.25) is 0 Å². The van der Waals surface area contributed by atoms with E-state index >= 15 is 0 Å². The van der Waals surface area contributed by atoms with E-state index in [2.05, 4.69) is 14.8 Å². The van der Waals surface area contributed by atoms with Crippen LogP contribution in [0.1, 0.15) is 28.5 Å². The highest BCUT2D eigenvalue weighted by atomic mass is 32.1. The summed E-state index contributed by atoms with van der Waals surface area (Å²) in [4.78, 5) is 11.5. The number of carbonyl (C=O) groups is 1. The Morgan fingerprint density at radius 3 is 2.89 bits per heavy atom. The van der Waals surface area contributed by atoms with E-state index in [1.54, 1.807) is 6.92 Å². The first-order valence-corrected chi connectivity index (χ1v) is 6.55. The summed E-state index contributed by atoms with van der Waals surface area (Å²) in [7, 11) is 0. The third kappa shape index (κ3) is 2.76. The van der Waals surface area contributed by atoms with Crippen molar-refractivity contribution in [2.75, 3.05) is 11.9 Å². The average Bonchev–Trinajstić information content (AvgIpc) is 2.86. The third-order valence-corrected chi connectivity index (χ3v) is 3.50.